The van der Waals surface area contributed by atoms with Crippen molar-refractivity contribution >= 4 is 20.0 Å². The lowest BCUT2D eigenvalue weighted by Crippen LogP contribution is -2.50. The SMILES string of the molecule is Cc1ccc(C)c(S(=O)(=O)N2CCN(S(=O)(=O)c3cc(F)ccc3C)CC2)c1. The minimum Gasteiger partial charge on any atom is -0.207 e. The molecule has 0 aliphatic carbocycles. The molecule has 1 fully saturated rings. The number of rotatable bonds is 4. The van der Waals surface area contributed by atoms with Gasteiger partial charge in [0.05, 0.1) is 9.79 Å². The Kier molecular flexibility index (Phi) is 5.64. The van der Waals surface area contributed by atoms with Crippen molar-refractivity contribution in [3.05, 3.63) is 58.9 Å². The van der Waals surface area contributed by atoms with E-state index < -0.39 is 25.9 Å². The van der Waals surface area contributed by atoms with E-state index in [1.54, 1.807) is 26.0 Å². The van der Waals surface area contributed by atoms with E-state index in [1.165, 1.54) is 20.7 Å². The average molecular weight is 427 g/mol. The van der Waals surface area contributed by atoms with Gasteiger partial charge in [0.1, 0.15) is 5.82 Å². The summed E-state index contributed by atoms with van der Waals surface area (Å²) in [5.41, 5.74) is 1.94. The van der Waals surface area contributed by atoms with Crippen molar-refractivity contribution in [3.8, 4) is 0 Å². The van der Waals surface area contributed by atoms with Gasteiger partial charge in [-0.2, -0.15) is 8.61 Å². The number of hydrogen-bond acceptors (Lipinski definition) is 4. The van der Waals surface area contributed by atoms with Crippen LogP contribution < -0.4 is 0 Å². The molecule has 1 aliphatic heterocycles. The minimum atomic E-state index is -3.89. The largest absolute Gasteiger partial charge is 0.243 e. The Balaban J connectivity index is 1.82. The smallest absolute Gasteiger partial charge is 0.207 e. The second kappa shape index (κ2) is 7.55. The van der Waals surface area contributed by atoms with Gasteiger partial charge >= 0.3 is 0 Å². The van der Waals surface area contributed by atoms with Gasteiger partial charge in [-0.3, -0.25) is 0 Å². The van der Waals surface area contributed by atoms with Gasteiger partial charge in [0.25, 0.3) is 0 Å². The van der Waals surface area contributed by atoms with Crippen molar-refractivity contribution < 1.29 is 21.2 Å². The molecule has 0 radical (unpaired) electrons. The lowest BCUT2D eigenvalue weighted by atomic mass is 10.2. The molecule has 0 unspecified atom stereocenters. The Morgan fingerprint density at radius 2 is 1.14 bits per heavy atom. The molecule has 0 saturated carbocycles. The van der Waals surface area contributed by atoms with Crippen LogP contribution >= 0.6 is 0 Å². The summed E-state index contributed by atoms with van der Waals surface area (Å²) >= 11 is 0. The summed E-state index contributed by atoms with van der Waals surface area (Å²) in [5.74, 6) is -0.625. The Morgan fingerprint density at radius 1 is 0.714 bits per heavy atom. The van der Waals surface area contributed by atoms with Crippen LogP contribution in [0.25, 0.3) is 0 Å². The topological polar surface area (TPSA) is 74.8 Å². The quantitative estimate of drug-likeness (QED) is 0.753. The molecule has 0 spiro atoms. The fraction of sp³-hybridized carbons (Fsp3) is 0.368. The highest BCUT2D eigenvalue weighted by Crippen LogP contribution is 2.26. The van der Waals surface area contributed by atoms with Crippen molar-refractivity contribution in [3.63, 3.8) is 0 Å². The third-order valence-corrected chi connectivity index (χ3v) is 9.01. The Labute approximate surface area is 165 Å². The van der Waals surface area contributed by atoms with Crippen molar-refractivity contribution in [2.75, 3.05) is 26.2 Å². The molecular formula is C19H23FN2O4S2. The number of halogens is 1. The third-order valence-electron chi connectivity index (χ3n) is 4.93. The molecule has 2 aromatic carbocycles. The van der Waals surface area contributed by atoms with E-state index in [0.717, 1.165) is 11.6 Å². The van der Waals surface area contributed by atoms with Gasteiger partial charge in [-0.05, 0) is 55.7 Å². The van der Waals surface area contributed by atoms with Crippen LogP contribution in [-0.2, 0) is 20.0 Å². The van der Waals surface area contributed by atoms with E-state index in [1.807, 2.05) is 13.0 Å². The molecule has 0 bridgehead atoms. The highest BCUT2D eigenvalue weighted by molar-refractivity contribution is 7.89. The number of aryl methyl sites for hydroxylation is 3. The van der Waals surface area contributed by atoms with Crippen LogP contribution in [0.4, 0.5) is 4.39 Å². The maximum Gasteiger partial charge on any atom is 0.243 e. The van der Waals surface area contributed by atoms with E-state index in [4.69, 9.17) is 0 Å². The van der Waals surface area contributed by atoms with Crippen LogP contribution in [0, 0.1) is 26.6 Å². The molecule has 0 aromatic heterocycles. The van der Waals surface area contributed by atoms with Crippen molar-refractivity contribution in [1.29, 1.82) is 0 Å². The number of hydrogen-bond donors (Lipinski definition) is 0. The van der Waals surface area contributed by atoms with Crippen LogP contribution in [0.2, 0.25) is 0 Å². The zero-order valence-corrected chi connectivity index (χ0v) is 17.6. The maximum absolute atomic E-state index is 13.6. The second-order valence-corrected chi connectivity index (χ2v) is 10.8. The summed E-state index contributed by atoms with van der Waals surface area (Å²) in [7, 11) is -7.60. The molecule has 0 N–H and O–H groups in total. The van der Waals surface area contributed by atoms with E-state index >= 15 is 0 Å². The zero-order chi connectivity index (χ0) is 20.7. The van der Waals surface area contributed by atoms with E-state index in [2.05, 4.69) is 0 Å². The summed E-state index contributed by atoms with van der Waals surface area (Å²) in [6, 6.07) is 8.87. The molecule has 2 aromatic rings. The molecule has 3 rings (SSSR count). The van der Waals surface area contributed by atoms with Crippen molar-refractivity contribution in [2.24, 2.45) is 0 Å². The highest BCUT2D eigenvalue weighted by atomic mass is 32.2. The van der Waals surface area contributed by atoms with Gasteiger partial charge in [0.2, 0.25) is 20.0 Å². The molecule has 9 heteroatoms. The maximum atomic E-state index is 13.6. The first-order valence-electron chi connectivity index (χ1n) is 8.87. The van der Waals surface area contributed by atoms with Gasteiger partial charge in [-0.1, -0.05) is 18.2 Å². The minimum absolute atomic E-state index is 0.0163. The number of sulfonamides is 2. The zero-order valence-electron chi connectivity index (χ0n) is 16.0. The standard InChI is InChI=1S/C19H23FN2O4S2/c1-14-4-5-15(2)18(12-14)27(23,24)21-8-10-22(11-9-21)28(25,26)19-13-17(20)7-6-16(19)3/h4-7,12-13H,8-11H2,1-3H3. The summed E-state index contributed by atoms with van der Waals surface area (Å²) in [4.78, 5) is 0.156. The lowest BCUT2D eigenvalue weighted by molar-refractivity contribution is 0.272. The van der Waals surface area contributed by atoms with Gasteiger partial charge < -0.3 is 0 Å². The van der Waals surface area contributed by atoms with Crippen LogP contribution in [0.5, 0.6) is 0 Å². The van der Waals surface area contributed by atoms with E-state index in [-0.39, 0.29) is 36.0 Å². The van der Waals surface area contributed by atoms with Crippen LogP contribution in [0.1, 0.15) is 16.7 Å². The van der Waals surface area contributed by atoms with E-state index in [9.17, 15) is 21.2 Å². The normalized spacial score (nSPS) is 17.0. The Morgan fingerprint density at radius 3 is 1.64 bits per heavy atom. The first kappa shape index (κ1) is 20.9. The van der Waals surface area contributed by atoms with Crippen molar-refractivity contribution in [2.45, 2.75) is 30.6 Å². The molecule has 0 atom stereocenters. The third kappa shape index (κ3) is 3.84. The predicted molar refractivity (Wildman–Crippen MR) is 105 cm³/mol. The average Bonchev–Trinajstić information content (AvgIpc) is 2.65. The van der Waals surface area contributed by atoms with Crippen LogP contribution in [0.3, 0.4) is 0 Å². The molecule has 1 saturated heterocycles. The van der Waals surface area contributed by atoms with Gasteiger partial charge in [-0.25, -0.2) is 21.2 Å². The lowest BCUT2D eigenvalue weighted by Gasteiger charge is -2.33. The number of benzene rings is 2. The molecule has 0 amide bonds. The fourth-order valence-electron chi connectivity index (χ4n) is 3.27. The summed E-state index contributed by atoms with van der Waals surface area (Å²) in [5, 5.41) is 0. The molecule has 6 nitrogen and oxygen atoms in total. The Bertz CT molecular complexity index is 1020. The summed E-state index contributed by atoms with van der Waals surface area (Å²) in [6.07, 6.45) is 0. The first-order chi connectivity index (χ1) is 13.0. The van der Waals surface area contributed by atoms with Gasteiger partial charge in [0, 0.05) is 26.2 Å². The van der Waals surface area contributed by atoms with Crippen LogP contribution in [-0.4, -0.2) is 51.6 Å². The molecule has 152 valence electrons. The number of nitrogens with zero attached hydrogens (tertiary/aromatic N) is 2. The summed E-state index contributed by atoms with van der Waals surface area (Å²) < 4.78 is 67.8. The monoisotopic (exact) mass is 426 g/mol. The van der Waals surface area contributed by atoms with Crippen LogP contribution in [0.15, 0.2) is 46.2 Å². The fourth-order valence-corrected chi connectivity index (χ4v) is 6.66. The number of piperazine rings is 1. The second-order valence-electron chi connectivity index (χ2n) is 6.99. The van der Waals surface area contributed by atoms with E-state index in [0.29, 0.717) is 11.1 Å². The molecular weight excluding hydrogens is 403 g/mol. The molecule has 1 heterocycles. The van der Waals surface area contributed by atoms with Gasteiger partial charge in [0.15, 0.2) is 0 Å². The first-order valence-corrected chi connectivity index (χ1v) is 11.8. The van der Waals surface area contributed by atoms with Crippen molar-refractivity contribution in [1.82, 2.24) is 8.61 Å². The summed E-state index contributed by atoms with van der Waals surface area (Å²) in [6.45, 7) is 5.29. The Hall–Kier alpha value is -1.81. The molecule has 28 heavy (non-hydrogen) atoms. The van der Waals surface area contributed by atoms with Gasteiger partial charge in [-0.15, -0.1) is 0 Å². The predicted octanol–water partition coefficient (Wildman–Crippen LogP) is 2.45. The molecule has 1 aliphatic rings. The highest BCUT2D eigenvalue weighted by Gasteiger charge is 2.35.